The third-order valence-electron chi connectivity index (χ3n) is 5.56. The lowest BCUT2D eigenvalue weighted by Gasteiger charge is -2.27. The lowest BCUT2D eigenvalue weighted by Crippen LogP contribution is -2.46. The second-order valence-electron chi connectivity index (χ2n) is 8.41. The Bertz CT molecular complexity index is 865. The summed E-state index contributed by atoms with van der Waals surface area (Å²) in [5, 5.41) is 12.2. The molecule has 2 heterocycles. The zero-order valence-electron chi connectivity index (χ0n) is 18.7. The summed E-state index contributed by atoms with van der Waals surface area (Å²) in [6.07, 6.45) is 0.848. The molecule has 1 N–H and O–H groups in total. The first-order valence-corrected chi connectivity index (χ1v) is 11.6. The van der Waals surface area contributed by atoms with Crippen molar-refractivity contribution in [2.75, 3.05) is 32.8 Å². The molecule has 0 aliphatic carbocycles. The molecule has 7 nitrogen and oxygen atoms in total. The predicted octanol–water partition coefficient (Wildman–Crippen LogP) is 3.20. The number of carbonyl (C=O) groups excluding carboxylic acids is 1. The molecule has 1 fully saturated rings. The SMILES string of the molecule is CCC(C)(C)NC(=O)C(C)Sc1nnc(-c2ccc(F)cc2)n1CCN1CCOCC1. The number of nitrogens with zero attached hydrogens (tertiary/aromatic N) is 4. The maximum Gasteiger partial charge on any atom is 0.233 e. The van der Waals surface area contributed by atoms with Crippen LogP contribution >= 0.6 is 11.8 Å². The lowest BCUT2D eigenvalue weighted by atomic mass is 10.0. The van der Waals surface area contributed by atoms with E-state index in [1.807, 2.05) is 25.3 Å². The maximum absolute atomic E-state index is 13.4. The van der Waals surface area contributed by atoms with Crippen molar-refractivity contribution in [1.29, 1.82) is 0 Å². The highest BCUT2D eigenvalue weighted by Crippen LogP contribution is 2.27. The Labute approximate surface area is 187 Å². The standard InChI is InChI=1S/C22H32FN5O2S/c1-5-22(3,4)24-20(29)16(2)31-21-26-25-19(17-6-8-18(23)9-7-17)28(21)11-10-27-12-14-30-15-13-27/h6-9,16H,5,10-15H2,1-4H3,(H,24,29). The summed E-state index contributed by atoms with van der Waals surface area (Å²) in [6.45, 7) is 12.7. The van der Waals surface area contributed by atoms with Gasteiger partial charge in [0.2, 0.25) is 5.91 Å². The molecule has 0 bridgehead atoms. The fraction of sp³-hybridized carbons (Fsp3) is 0.591. The van der Waals surface area contributed by atoms with Crippen LogP contribution in [0.4, 0.5) is 4.39 Å². The molecule has 1 aliphatic heterocycles. The van der Waals surface area contributed by atoms with Crippen LogP contribution in [0.3, 0.4) is 0 Å². The van der Waals surface area contributed by atoms with Crippen LogP contribution in [0.5, 0.6) is 0 Å². The summed E-state index contributed by atoms with van der Waals surface area (Å²) in [5.41, 5.74) is 0.543. The number of hydrogen-bond acceptors (Lipinski definition) is 6. The Hall–Kier alpha value is -1.97. The largest absolute Gasteiger partial charge is 0.379 e. The van der Waals surface area contributed by atoms with Crippen molar-refractivity contribution in [3.05, 3.63) is 30.1 Å². The molecule has 3 rings (SSSR count). The van der Waals surface area contributed by atoms with Gasteiger partial charge in [-0.2, -0.15) is 0 Å². The van der Waals surface area contributed by atoms with Gasteiger partial charge in [-0.3, -0.25) is 9.69 Å². The molecular weight excluding hydrogens is 417 g/mol. The minimum absolute atomic E-state index is 0.0251. The topological polar surface area (TPSA) is 72.3 Å². The van der Waals surface area contributed by atoms with Crippen LogP contribution in [-0.4, -0.2) is 69.2 Å². The second-order valence-corrected chi connectivity index (χ2v) is 9.71. The predicted molar refractivity (Wildman–Crippen MR) is 121 cm³/mol. The van der Waals surface area contributed by atoms with Gasteiger partial charge in [-0.1, -0.05) is 18.7 Å². The van der Waals surface area contributed by atoms with Gasteiger partial charge in [-0.15, -0.1) is 10.2 Å². The Morgan fingerprint density at radius 3 is 2.55 bits per heavy atom. The van der Waals surface area contributed by atoms with E-state index in [4.69, 9.17) is 4.74 Å². The summed E-state index contributed by atoms with van der Waals surface area (Å²) < 4.78 is 20.9. The van der Waals surface area contributed by atoms with E-state index in [1.54, 1.807) is 12.1 Å². The average molecular weight is 450 g/mol. The molecule has 0 saturated carbocycles. The van der Waals surface area contributed by atoms with Crippen LogP contribution in [0.2, 0.25) is 0 Å². The number of halogens is 1. The Morgan fingerprint density at radius 2 is 1.90 bits per heavy atom. The van der Waals surface area contributed by atoms with Crippen molar-refractivity contribution in [2.24, 2.45) is 0 Å². The third kappa shape index (κ3) is 6.51. The molecule has 1 aliphatic rings. The number of benzene rings is 1. The van der Waals surface area contributed by atoms with Crippen molar-refractivity contribution in [3.63, 3.8) is 0 Å². The fourth-order valence-electron chi connectivity index (χ4n) is 3.19. The van der Waals surface area contributed by atoms with E-state index in [-0.39, 0.29) is 22.5 Å². The van der Waals surface area contributed by atoms with E-state index in [0.29, 0.717) is 17.5 Å². The Morgan fingerprint density at radius 1 is 1.23 bits per heavy atom. The van der Waals surface area contributed by atoms with E-state index < -0.39 is 0 Å². The molecule has 31 heavy (non-hydrogen) atoms. The van der Waals surface area contributed by atoms with Crippen molar-refractivity contribution in [2.45, 2.75) is 56.6 Å². The number of amides is 1. The number of thioether (sulfide) groups is 1. The van der Waals surface area contributed by atoms with E-state index in [0.717, 1.165) is 44.8 Å². The van der Waals surface area contributed by atoms with Crippen LogP contribution in [0.25, 0.3) is 11.4 Å². The van der Waals surface area contributed by atoms with E-state index in [9.17, 15) is 9.18 Å². The summed E-state index contributed by atoms with van der Waals surface area (Å²) >= 11 is 1.39. The van der Waals surface area contributed by atoms with Crippen LogP contribution in [-0.2, 0) is 16.1 Å². The first-order chi connectivity index (χ1) is 14.8. The number of aromatic nitrogens is 3. The monoisotopic (exact) mass is 449 g/mol. The van der Waals surface area contributed by atoms with Gasteiger partial charge < -0.3 is 14.6 Å². The molecule has 1 aromatic heterocycles. The maximum atomic E-state index is 13.4. The molecular formula is C22H32FN5O2S. The van der Waals surface area contributed by atoms with Gasteiger partial charge in [0.05, 0.1) is 18.5 Å². The van der Waals surface area contributed by atoms with Gasteiger partial charge in [-0.25, -0.2) is 4.39 Å². The van der Waals surface area contributed by atoms with Crippen molar-refractivity contribution in [1.82, 2.24) is 25.0 Å². The van der Waals surface area contributed by atoms with E-state index in [2.05, 4.69) is 27.3 Å². The summed E-state index contributed by atoms with van der Waals surface area (Å²) in [5.74, 6) is 0.363. The van der Waals surface area contributed by atoms with Gasteiger partial charge >= 0.3 is 0 Å². The number of morpholine rings is 1. The molecule has 1 saturated heterocycles. The quantitative estimate of drug-likeness (QED) is 0.593. The summed E-state index contributed by atoms with van der Waals surface area (Å²) in [6, 6.07) is 6.26. The highest BCUT2D eigenvalue weighted by atomic mass is 32.2. The molecule has 1 aromatic carbocycles. The minimum atomic E-state index is -0.321. The molecule has 170 valence electrons. The van der Waals surface area contributed by atoms with Gasteiger partial charge in [-0.05, 0) is 51.5 Å². The summed E-state index contributed by atoms with van der Waals surface area (Å²) in [4.78, 5) is 15.0. The smallest absolute Gasteiger partial charge is 0.233 e. The second kappa shape index (κ2) is 10.6. The van der Waals surface area contributed by atoms with Crippen molar-refractivity contribution < 1.29 is 13.9 Å². The van der Waals surface area contributed by atoms with Gasteiger partial charge in [0.1, 0.15) is 5.82 Å². The molecule has 0 radical (unpaired) electrons. The number of hydrogen-bond donors (Lipinski definition) is 1. The Balaban J connectivity index is 1.79. The third-order valence-corrected chi connectivity index (χ3v) is 6.64. The van der Waals surface area contributed by atoms with Crippen LogP contribution in [0, 0.1) is 5.82 Å². The normalized spacial score (nSPS) is 16.3. The van der Waals surface area contributed by atoms with Crippen molar-refractivity contribution >= 4 is 17.7 Å². The first kappa shape index (κ1) is 23.7. The van der Waals surface area contributed by atoms with Crippen molar-refractivity contribution in [3.8, 4) is 11.4 Å². The highest BCUT2D eigenvalue weighted by Gasteiger charge is 2.25. The number of ether oxygens (including phenoxy) is 1. The zero-order chi connectivity index (χ0) is 22.4. The lowest BCUT2D eigenvalue weighted by molar-refractivity contribution is -0.121. The molecule has 9 heteroatoms. The first-order valence-electron chi connectivity index (χ1n) is 10.8. The van der Waals surface area contributed by atoms with Gasteiger partial charge in [0.25, 0.3) is 0 Å². The molecule has 1 atom stereocenters. The molecule has 1 unspecified atom stereocenters. The molecule has 1 amide bonds. The van der Waals surface area contributed by atoms with Crippen LogP contribution in [0.15, 0.2) is 29.4 Å². The average Bonchev–Trinajstić information content (AvgIpc) is 3.15. The van der Waals surface area contributed by atoms with E-state index >= 15 is 0 Å². The van der Waals surface area contributed by atoms with Gasteiger partial charge in [0, 0.05) is 37.3 Å². The molecule has 0 spiro atoms. The zero-order valence-corrected chi connectivity index (χ0v) is 19.5. The fourth-order valence-corrected chi connectivity index (χ4v) is 4.07. The van der Waals surface area contributed by atoms with Crippen LogP contribution in [0.1, 0.15) is 34.1 Å². The van der Waals surface area contributed by atoms with E-state index in [1.165, 1.54) is 23.9 Å². The number of carbonyl (C=O) groups is 1. The molecule has 2 aromatic rings. The number of rotatable bonds is 9. The highest BCUT2D eigenvalue weighted by molar-refractivity contribution is 8.00. The summed E-state index contributed by atoms with van der Waals surface area (Å²) in [7, 11) is 0. The minimum Gasteiger partial charge on any atom is -0.379 e. The Kier molecular flexibility index (Phi) is 8.07. The number of nitrogens with one attached hydrogen (secondary N) is 1. The van der Waals surface area contributed by atoms with Gasteiger partial charge in [0.15, 0.2) is 11.0 Å². The van der Waals surface area contributed by atoms with Crippen LogP contribution < -0.4 is 5.32 Å².